The lowest BCUT2D eigenvalue weighted by Crippen LogP contribution is -2.32. The molecule has 1 aromatic carbocycles. The highest BCUT2D eigenvalue weighted by atomic mass is 79.9. The van der Waals surface area contributed by atoms with E-state index in [1.807, 2.05) is 12.1 Å². The monoisotopic (exact) mass is 562 g/mol. The van der Waals surface area contributed by atoms with Crippen LogP contribution in [0.1, 0.15) is 24.4 Å². The lowest BCUT2D eigenvalue weighted by Gasteiger charge is -2.16. The summed E-state index contributed by atoms with van der Waals surface area (Å²) in [5.74, 6) is 1.16. The van der Waals surface area contributed by atoms with Gasteiger partial charge in [0.1, 0.15) is 23.3 Å². The van der Waals surface area contributed by atoms with Crippen LogP contribution in [-0.2, 0) is 6.61 Å². The maximum atomic E-state index is 12.7. The Balaban J connectivity index is 1.44. The van der Waals surface area contributed by atoms with Gasteiger partial charge in [0.05, 0.1) is 21.8 Å². The van der Waals surface area contributed by atoms with Crippen molar-refractivity contribution in [1.82, 2.24) is 35.0 Å². The van der Waals surface area contributed by atoms with Crippen molar-refractivity contribution in [3.8, 4) is 11.7 Å². The maximum absolute atomic E-state index is 12.7. The molecule has 0 bridgehead atoms. The first kappa shape index (κ1) is 23.9. The molecule has 0 fully saturated rings. The molecule has 0 aliphatic heterocycles. The average Bonchev–Trinajstić information content (AvgIpc) is 3.31. The Morgan fingerprint density at radius 1 is 1.12 bits per heavy atom. The van der Waals surface area contributed by atoms with E-state index in [4.69, 9.17) is 27.9 Å². The molecule has 0 radical (unpaired) electrons. The van der Waals surface area contributed by atoms with Crippen LogP contribution in [0.3, 0.4) is 0 Å². The van der Waals surface area contributed by atoms with E-state index in [0.29, 0.717) is 32.8 Å². The number of aromatic nitrogens is 6. The van der Waals surface area contributed by atoms with Gasteiger partial charge in [-0.2, -0.15) is 9.78 Å². The molecule has 0 aliphatic rings. The molecule has 0 saturated heterocycles. The molecule has 4 rings (SSSR count). The summed E-state index contributed by atoms with van der Waals surface area (Å²) >= 11 is 15.9. The van der Waals surface area contributed by atoms with E-state index < -0.39 is 12.1 Å². The number of urea groups is 1. The molecule has 0 saturated carbocycles. The van der Waals surface area contributed by atoms with Crippen molar-refractivity contribution in [2.75, 3.05) is 5.32 Å². The normalized spacial score (nSPS) is 11.6. The van der Waals surface area contributed by atoms with Crippen molar-refractivity contribution in [3.63, 3.8) is 0 Å². The summed E-state index contributed by atoms with van der Waals surface area (Å²) in [5.41, 5.74) is 1.22. The van der Waals surface area contributed by atoms with E-state index in [2.05, 4.69) is 51.6 Å². The van der Waals surface area contributed by atoms with Gasteiger partial charge in [0.15, 0.2) is 5.82 Å². The number of anilines is 1. The van der Waals surface area contributed by atoms with Gasteiger partial charge >= 0.3 is 6.03 Å². The number of nitrogens with one attached hydrogen (secondary N) is 2. The van der Waals surface area contributed by atoms with Crippen LogP contribution < -0.4 is 15.4 Å². The third-order valence-corrected chi connectivity index (χ3v) is 5.55. The van der Waals surface area contributed by atoms with Crippen molar-refractivity contribution in [2.24, 2.45) is 0 Å². The SMILES string of the molecule is C[C@H](NC(=O)Nc1cc(OCc2ccnc(Br)c2)c(Cl)cc1Cl)c1ncnn1-c1ncccn1. The molecule has 174 valence electrons. The van der Waals surface area contributed by atoms with Gasteiger partial charge in [0.25, 0.3) is 5.95 Å². The smallest absolute Gasteiger partial charge is 0.319 e. The summed E-state index contributed by atoms with van der Waals surface area (Å²) in [6, 6.07) is 7.38. The summed E-state index contributed by atoms with van der Waals surface area (Å²) in [4.78, 5) is 29.3. The number of carbonyl (C=O) groups excluding carboxylic acids is 1. The van der Waals surface area contributed by atoms with Gasteiger partial charge in [-0.3, -0.25) is 0 Å². The molecule has 0 unspecified atom stereocenters. The number of pyridine rings is 1. The van der Waals surface area contributed by atoms with Crippen molar-refractivity contribution in [1.29, 1.82) is 0 Å². The molecule has 1 atom stereocenters. The van der Waals surface area contributed by atoms with Gasteiger partial charge in [-0.05, 0) is 52.7 Å². The highest BCUT2D eigenvalue weighted by Crippen LogP contribution is 2.35. The Kier molecular flexibility index (Phi) is 7.56. The molecule has 10 nitrogen and oxygen atoms in total. The van der Waals surface area contributed by atoms with E-state index in [-0.39, 0.29) is 11.6 Å². The van der Waals surface area contributed by atoms with E-state index in [9.17, 15) is 4.79 Å². The molecule has 3 heterocycles. The number of nitrogens with zero attached hydrogens (tertiary/aromatic N) is 6. The van der Waals surface area contributed by atoms with Crippen LogP contribution in [0.15, 0.2) is 59.9 Å². The third-order valence-electron chi connectivity index (χ3n) is 4.51. The molecule has 13 heteroatoms. The number of rotatable bonds is 7. The van der Waals surface area contributed by atoms with Crippen LogP contribution in [0.5, 0.6) is 5.75 Å². The largest absolute Gasteiger partial charge is 0.487 e. The molecule has 34 heavy (non-hydrogen) atoms. The zero-order valence-electron chi connectivity index (χ0n) is 17.6. The lowest BCUT2D eigenvalue weighted by atomic mass is 10.2. The molecule has 2 amide bonds. The summed E-state index contributed by atoms with van der Waals surface area (Å²) in [6.45, 7) is 2.01. The second-order valence-electron chi connectivity index (χ2n) is 6.94. The van der Waals surface area contributed by atoms with Gasteiger partial charge in [-0.1, -0.05) is 23.2 Å². The van der Waals surface area contributed by atoms with Crippen molar-refractivity contribution in [2.45, 2.75) is 19.6 Å². The molecule has 0 spiro atoms. The number of amides is 2. The second-order valence-corrected chi connectivity index (χ2v) is 8.56. The van der Waals surface area contributed by atoms with Gasteiger partial charge in [-0.25, -0.2) is 24.7 Å². The summed E-state index contributed by atoms with van der Waals surface area (Å²) < 4.78 is 7.95. The van der Waals surface area contributed by atoms with E-state index in [1.54, 1.807) is 37.6 Å². The Morgan fingerprint density at radius 3 is 2.68 bits per heavy atom. The van der Waals surface area contributed by atoms with Crippen LogP contribution >= 0.6 is 39.1 Å². The van der Waals surface area contributed by atoms with Crippen molar-refractivity contribution >= 4 is 50.9 Å². The zero-order valence-corrected chi connectivity index (χ0v) is 20.7. The fourth-order valence-electron chi connectivity index (χ4n) is 2.95. The quantitative estimate of drug-likeness (QED) is 0.304. The Hall–Kier alpha value is -3.28. The van der Waals surface area contributed by atoms with E-state index in [0.717, 1.165) is 5.56 Å². The molecule has 4 aromatic rings. The van der Waals surface area contributed by atoms with Gasteiger partial charge in [-0.15, -0.1) is 0 Å². The van der Waals surface area contributed by atoms with Gasteiger partial charge < -0.3 is 15.4 Å². The minimum Gasteiger partial charge on any atom is -0.487 e. The Bertz CT molecular complexity index is 1310. The first-order chi connectivity index (χ1) is 16.4. The van der Waals surface area contributed by atoms with Gasteiger partial charge in [0.2, 0.25) is 0 Å². The fourth-order valence-corrected chi connectivity index (χ4v) is 3.85. The molecule has 2 N–H and O–H groups in total. The summed E-state index contributed by atoms with van der Waals surface area (Å²) in [6.07, 6.45) is 6.21. The van der Waals surface area contributed by atoms with Crippen LogP contribution in [-0.4, -0.2) is 35.7 Å². The molecule has 3 aromatic heterocycles. The predicted octanol–water partition coefficient (Wildman–Crippen LogP) is 4.98. The second kappa shape index (κ2) is 10.8. The number of halogens is 3. The number of carbonyl (C=O) groups is 1. The lowest BCUT2D eigenvalue weighted by molar-refractivity contribution is 0.248. The standard InChI is InChI=1S/C21H17BrCl2N8O2/c1-12(19-28-11-29-32(19)20-26-4-2-5-27-20)30-21(33)31-16-9-17(15(24)8-14(16)23)34-10-13-3-6-25-18(22)7-13/h2-9,11-12H,10H2,1H3,(H2,30,31,33)/t12-/m0/s1. The number of hydrogen-bond donors (Lipinski definition) is 2. The van der Waals surface area contributed by atoms with Crippen LogP contribution in [0.4, 0.5) is 10.5 Å². The topological polar surface area (TPSA) is 120 Å². The third kappa shape index (κ3) is 5.79. The van der Waals surface area contributed by atoms with E-state index in [1.165, 1.54) is 17.1 Å². The molecular weight excluding hydrogens is 547 g/mol. The average molecular weight is 564 g/mol. The van der Waals surface area contributed by atoms with Crippen molar-refractivity contribution < 1.29 is 9.53 Å². The van der Waals surface area contributed by atoms with Crippen LogP contribution in [0, 0.1) is 0 Å². The van der Waals surface area contributed by atoms with Gasteiger partial charge in [0, 0.05) is 24.7 Å². The Morgan fingerprint density at radius 2 is 1.91 bits per heavy atom. The number of hydrogen-bond acceptors (Lipinski definition) is 7. The summed E-state index contributed by atoms with van der Waals surface area (Å²) in [5, 5.41) is 10.2. The zero-order chi connectivity index (χ0) is 24.1. The maximum Gasteiger partial charge on any atom is 0.319 e. The van der Waals surface area contributed by atoms with Crippen LogP contribution in [0.25, 0.3) is 5.95 Å². The molecule has 0 aliphatic carbocycles. The van der Waals surface area contributed by atoms with Crippen molar-refractivity contribution in [3.05, 3.63) is 81.3 Å². The minimum atomic E-state index is -0.516. The highest BCUT2D eigenvalue weighted by Gasteiger charge is 2.19. The number of ether oxygens (including phenoxy) is 1. The minimum absolute atomic E-state index is 0.252. The Labute approximate surface area is 212 Å². The van der Waals surface area contributed by atoms with E-state index >= 15 is 0 Å². The fraction of sp³-hybridized carbons (Fsp3) is 0.143. The first-order valence-electron chi connectivity index (χ1n) is 9.88. The van der Waals surface area contributed by atoms with Crippen LogP contribution in [0.2, 0.25) is 10.0 Å². The molecular formula is C21H17BrCl2N8O2. The summed E-state index contributed by atoms with van der Waals surface area (Å²) in [7, 11) is 0. The first-order valence-corrected chi connectivity index (χ1v) is 11.4. The highest BCUT2D eigenvalue weighted by molar-refractivity contribution is 9.10. The predicted molar refractivity (Wildman–Crippen MR) is 130 cm³/mol. The number of benzene rings is 1.